The Hall–Kier alpha value is -2.59. The van der Waals surface area contributed by atoms with Crippen molar-refractivity contribution in [3.8, 4) is 0 Å². The zero-order valence-electron chi connectivity index (χ0n) is 16.2. The second kappa shape index (κ2) is 8.19. The molecule has 0 bridgehead atoms. The molecule has 1 saturated heterocycles. The van der Waals surface area contributed by atoms with Crippen LogP contribution in [0.15, 0.2) is 73.1 Å². The van der Waals surface area contributed by atoms with E-state index in [0.29, 0.717) is 13.0 Å². The number of carbonyl (C=O) groups is 1. The molecule has 28 heavy (non-hydrogen) atoms. The van der Waals surface area contributed by atoms with Gasteiger partial charge in [-0.3, -0.25) is 4.79 Å². The lowest BCUT2D eigenvalue weighted by Gasteiger charge is -2.26. The van der Waals surface area contributed by atoms with Gasteiger partial charge in [-0.2, -0.15) is 4.68 Å². The van der Waals surface area contributed by atoms with E-state index in [1.54, 1.807) is 0 Å². The molecular weight excluding hydrogens is 372 g/mol. The molecule has 146 valence electrons. The molecule has 1 aromatic heterocycles. The fourth-order valence-electron chi connectivity index (χ4n) is 4.19. The number of nitrogens with zero attached hydrogens (tertiary/aromatic N) is 2. The van der Waals surface area contributed by atoms with E-state index in [1.165, 1.54) is 5.56 Å². The van der Waals surface area contributed by atoms with E-state index in [-0.39, 0.29) is 24.5 Å². The summed E-state index contributed by atoms with van der Waals surface area (Å²) in [6.45, 7) is 5.75. The minimum absolute atomic E-state index is 0. The summed E-state index contributed by atoms with van der Waals surface area (Å²) in [5.74, 6) is -0.156. The van der Waals surface area contributed by atoms with E-state index in [1.807, 2.05) is 60.7 Å². The first-order valence-corrected chi connectivity index (χ1v) is 9.52. The van der Waals surface area contributed by atoms with Gasteiger partial charge in [0.1, 0.15) is 5.41 Å². The predicted octanol–water partition coefficient (Wildman–Crippen LogP) is 0.410. The quantitative estimate of drug-likeness (QED) is 0.462. The Morgan fingerprint density at radius 2 is 1.64 bits per heavy atom. The van der Waals surface area contributed by atoms with Crippen LogP contribution in [0.3, 0.4) is 0 Å². The van der Waals surface area contributed by atoms with Gasteiger partial charge in [0.05, 0.1) is 12.7 Å². The second-order valence-corrected chi connectivity index (χ2v) is 7.25. The summed E-state index contributed by atoms with van der Waals surface area (Å²) in [7, 11) is 0. The molecule has 0 amide bonds. The third kappa shape index (κ3) is 3.45. The van der Waals surface area contributed by atoms with Crippen molar-refractivity contribution >= 4 is 5.97 Å². The number of ether oxygens (including phenoxy) is 1. The monoisotopic (exact) mass is 396 g/mol. The lowest BCUT2D eigenvalue weighted by Crippen LogP contribution is -3.00. The Kier molecular flexibility index (Phi) is 5.90. The van der Waals surface area contributed by atoms with Crippen molar-refractivity contribution in [1.29, 1.82) is 0 Å². The van der Waals surface area contributed by atoms with Gasteiger partial charge in [0.15, 0.2) is 12.3 Å². The van der Waals surface area contributed by atoms with Crippen LogP contribution in [0.2, 0.25) is 0 Å². The average molecular weight is 397 g/mol. The second-order valence-electron chi connectivity index (χ2n) is 7.25. The fraction of sp³-hybridized carbons (Fsp3) is 0.304. The minimum Gasteiger partial charge on any atom is -1.00 e. The molecule has 1 aliphatic heterocycles. The van der Waals surface area contributed by atoms with Crippen LogP contribution in [0.25, 0.3) is 0 Å². The Balaban J connectivity index is 0.00000225. The van der Waals surface area contributed by atoms with Crippen molar-refractivity contribution in [2.75, 3.05) is 0 Å². The molecule has 2 heterocycles. The largest absolute Gasteiger partial charge is 1.00 e. The molecule has 1 aliphatic rings. The van der Waals surface area contributed by atoms with E-state index < -0.39 is 5.41 Å². The maximum Gasteiger partial charge on any atom is 0.321 e. The Morgan fingerprint density at radius 3 is 2.18 bits per heavy atom. The van der Waals surface area contributed by atoms with Gasteiger partial charge < -0.3 is 17.1 Å². The molecule has 1 fully saturated rings. The number of aromatic nitrogens is 2. The number of carbonyl (C=O) groups excluding carboxylic acids is 1. The maximum atomic E-state index is 13.2. The third-order valence-electron chi connectivity index (χ3n) is 5.44. The normalized spacial score (nSPS) is 17.8. The van der Waals surface area contributed by atoms with Gasteiger partial charge in [-0.25, -0.2) is 0 Å². The summed E-state index contributed by atoms with van der Waals surface area (Å²) >= 11 is 0. The summed E-state index contributed by atoms with van der Waals surface area (Å²) < 4.78 is 10.2. The fourth-order valence-corrected chi connectivity index (χ4v) is 4.19. The molecule has 0 aliphatic carbocycles. The highest BCUT2D eigenvalue weighted by Crippen LogP contribution is 2.43. The molecule has 0 radical (unpaired) electrons. The Morgan fingerprint density at radius 1 is 1.07 bits per heavy atom. The Labute approximate surface area is 172 Å². The molecular formula is C23H25ClN2O2. The molecule has 3 aromatic rings. The maximum absolute atomic E-state index is 13.2. The van der Waals surface area contributed by atoms with Crippen molar-refractivity contribution in [3.05, 3.63) is 89.7 Å². The highest BCUT2D eigenvalue weighted by atomic mass is 35.5. The minimum atomic E-state index is -0.744. The zero-order valence-corrected chi connectivity index (χ0v) is 17.0. The van der Waals surface area contributed by atoms with E-state index in [4.69, 9.17) is 4.74 Å². The van der Waals surface area contributed by atoms with Crippen LogP contribution in [-0.2, 0) is 28.0 Å². The van der Waals surface area contributed by atoms with Crippen molar-refractivity contribution < 1.29 is 26.6 Å². The number of hydrogen-bond donors (Lipinski definition) is 0. The van der Waals surface area contributed by atoms with Crippen molar-refractivity contribution in [2.24, 2.45) is 0 Å². The summed E-state index contributed by atoms with van der Waals surface area (Å²) in [5.41, 5.74) is 2.46. The average Bonchev–Trinajstić information content (AvgIpc) is 3.22. The molecule has 0 saturated carbocycles. The first kappa shape index (κ1) is 20.2. The number of benzene rings is 2. The van der Waals surface area contributed by atoms with Crippen LogP contribution in [0.4, 0.5) is 0 Å². The van der Waals surface area contributed by atoms with Gasteiger partial charge in [0, 0.05) is 12.0 Å². The molecule has 2 aromatic carbocycles. The van der Waals surface area contributed by atoms with Gasteiger partial charge in [0.2, 0.25) is 6.54 Å². The smallest absolute Gasteiger partial charge is 0.321 e. The standard InChI is InChI=1S/C23H25N2O2.ClH/c1-3-24-15-18(2)16-25(24)17-21-14-23(22(26)27-21,19-10-6-4-7-11-19)20-12-8-5-9-13-20;/h4-13,15-16,21H,3,14,17H2,1-2H3;1H/q+1;/p-1. The number of cyclic esters (lactones) is 1. The topological polar surface area (TPSA) is 35.1 Å². The van der Waals surface area contributed by atoms with Gasteiger partial charge in [-0.15, -0.1) is 4.68 Å². The van der Waals surface area contributed by atoms with E-state index in [2.05, 4.69) is 35.6 Å². The van der Waals surface area contributed by atoms with E-state index in [9.17, 15) is 4.79 Å². The molecule has 0 N–H and O–H groups in total. The third-order valence-corrected chi connectivity index (χ3v) is 5.44. The highest BCUT2D eigenvalue weighted by molar-refractivity contribution is 5.89. The molecule has 1 atom stereocenters. The molecule has 4 rings (SSSR count). The van der Waals surface area contributed by atoms with Gasteiger partial charge in [0.25, 0.3) is 0 Å². The summed E-state index contributed by atoms with van der Waals surface area (Å²) in [5, 5.41) is 0. The molecule has 4 nitrogen and oxygen atoms in total. The molecule has 0 spiro atoms. The molecule has 1 unspecified atom stereocenters. The van der Waals surface area contributed by atoms with Crippen LogP contribution in [0, 0.1) is 6.92 Å². The number of esters is 1. The lowest BCUT2D eigenvalue weighted by atomic mass is 9.72. The number of hydrogen-bond acceptors (Lipinski definition) is 2. The van der Waals surface area contributed by atoms with Crippen molar-refractivity contribution in [1.82, 2.24) is 4.68 Å². The van der Waals surface area contributed by atoms with Crippen molar-refractivity contribution in [2.45, 2.75) is 44.9 Å². The van der Waals surface area contributed by atoms with Crippen molar-refractivity contribution in [3.63, 3.8) is 0 Å². The van der Waals surface area contributed by atoms with E-state index in [0.717, 1.165) is 17.7 Å². The molecule has 5 heteroatoms. The lowest BCUT2D eigenvalue weighted by molar-refractivity contribution is -0.779. The van der Waals surface area contributed by atoms with E-state index >= 15 is 0 Å². The van der Waals surface area contributed by atoms with Crippen LogP contribution >= 0.6 is 0 Å². The summed E-state index contributed by atoms with van der Waals surface area (Å²) in [6, 6.07) is 20.0. The van der Waals surface area contributed by atoms with Gasteiger partial charge in [-0.05, 0) is 25.0 Å². The first-order valence-electron chi connectivity index (χ1n) is 9.52. The van der Waals surface area contributed by atoms with Crippen LogP contribution in [0.5, 0.6) is 0 Å². The van der Waals surface area contributed by atoms with Crippen LogP contribution in [-0.4, -0.2) is 16.8 Å². The predicted molar refractivity (Wildman–Crippen MR) is 103 cm³/mol. The number of aryl methyl sites for hydroxylation is 2. The van der Waals surface area contributed by atoms with Crippen LogP contribution < -0.4 is 17.1 Å². The number of halogens is 1. The Bertz CT molecular complexity index is 898. The zero-order chi connectivity index (χ0) is 18.9. The first-order chi connectivity index (χ1) is 13.1. The van der Waals surface area contributed by atoms with Gasteiger partial charge >= 0.3 is 5.97 Å². The highest BCUT2D eigenvalue weighted by Gasteiger charge is 2.52. The van der Waals surface area contributed by atoms with Crippen LogP contribution in [0.1, 0.15) is 30.0 Å². The van der Waals surface area contributed by atoms with Gasteiger partial charge in [-0.1, -0.05) is 60.7 Å². The summed E-state index contributed by atoms with van der Waals surface area (Å²) in [6.07, 6.45) is 4.71. The summed E-state index contributed by atoms with van der Waals surface area (Å²) in [4.78, 5) is 13.2. The number of rotatable bonds is 5. The SMILES string of the molecule is CCn1cc(C)c[n+]1CC1CC(c2ccccc2)(c2ccccc2)C(=O)O1.[Cl-].